The zero-order valence-corrected chi connectivity index (χ0v) is 18.3. The van der Waals surface area contributed by atoms with E-state index in [0.29, 0.717) is 41.8 Å². The van der Waals surface area contributed by atoms with Gasteiger partial charge >= 0.3 is 17.7 Å². The van der Waals surface area contributed by atoms with E-state index in [-0.39, 0.29) is 6.61 Å². The minimum Gasteiger partial charge on any atom is -0.445 e. The van der Waals surface area contributed by atoms with Crippen molar-refractivity contribution >= 4 is 23.0 Å². The summed E-state index contributed by atoms with van der Waals surface area (Å²) >= 11 is 0. The fourth-order valence-electron chi connectivity index (χ4n) is 3.94. The van der Waals surface area contributed by atoms with Gasteiger partial charge in [-0.3, -0.25) is 4.90 Å². The zero-order chi connectivity index (χ0) is 22.8. The molecule has 0 saturated carbocycles. The van der Waals surface area contributed by atoms with Crippen molar-refractivity contribution in [2.24, 2.45) is 0 Å². The number of esters is 1. The quantitative estimate of drug-likeness (QED) is 0.342. The molecule has 0 bridgehead atoms. The molecule has 4 rings (SSSR count). The Labute approximate surface area is 185 Å². The summed E-state index contributed by atoms with van der Waals surface area (Å²) in [5.41, 5.74) is 2.81. The molecule has 166 valence electrons. The average molecular weight is 435 g/mol. The van der Waals surface area contributed by atoms with E-state index in [1.54, 1.807) is 26.0 Å². The summed E-state index contributed by atoms with van der Waals surface area (Å²) in [7, 11) is 0. The van der Waals surface area contributed by atoms with Crippen molar-refractivity contribution in [1.29, 1.82) is 0 Å². The molecule has 1 atom stereocenters. The first-order valence-electron chi connectivity index (χ1n) is 10.6. The first kappa shape index (κ1) is 21.6. The van der Waals surface area contributed by atoms with Gasteiger partial charge < -0.3 is 13.9 Å². The van der Waals surface area contributed by atoms with E-state index in [1.165, 1.54) is 4.90 Å². The minimum absolute atomic E-state index is 0.138. The molecule has 0 unspecified atom stereocenters. The number of carbonyl (C=O) groups is 2. The zero-order valence-electron chi connectivity index (χ0n) is 18.3. The maximum atomic E-state index is 12.9. The predicted molar refractivity (Wildman–Crippen MR) is 119 cm³/mol. The topological polar surface area (TPSA) is 86.1 Å². The largest absolute Gasteiger partial charge is 0.445 e. The van der Waals surface area contributed by atoms with Gasteiger partial charge in [-0.25, -0.2) is 14.4 Å². The summed E-state index contributed by atoms with van der Waals surface area (Å²) < 4.78 is 16.5. The Morgan fingerprint density at radius 2 is 1.78 bits per heavy atom. The number of carbonyl (C=O) groups excluding carboxylic acids is 2. The van der Waals surface area contributed by atoms with E-state index in [9.17, 15) is 14.4 Å². The smallest absolute Gasteiger partial charge is 0.410 e. The van der Waals surface area contributed by atoms with Gasteiger partial charge in [0.2, 0.25) is 0 Å². The van der Waals surface area contributed by atoms with Crippen LogP contribution in [0, 0.1) is 20.8 Å². The van der Waals surface area contributed by atoms with Gasteiger partial charge in [0.05, 0.1) is 0 Å². The van der Waals surface area contributed by atoms with Crippen LogP contribution in [0.2, 0.25) is 0 Å². The normalized spacial score (nSPS) is 15.7. The first-order valence-corrected chi connectivity index (χ1v) is 10.6. The highest BCUT2D eigenvalue weighted by Gasteiger charge is 2.37. The van der Waals surface area contributed by atoms with Crippen molar-refractivity contribution in [2.75, 3.05) is 6.54 Å². The van der Waals surface area contributed by atoms with Crippen molar-refractivity contribution < 1.29 is 23.5 Å². The van der Waals surface area contributed by atoms with E-state index in [1.807, 2.05) is 37.3 Å². The predicted octanol–water partition coefficient (Wildman–Crippen LogP) is 4.42. The maximum absolute atomic E-state index is 12.9. The van der Waals surface area contributed by atoms with Crippen LogP contribution in [0.5, 0.6) is 5.75 Å². The van der Waals surface area contributed by atoms with E-state index in [4.69, 9.17) is 13.9 Å². The standard InChI is InChI=1S/C25H25NO6/c1-15-16(2)23(27)32-22-17(3)21(12-11-19(15)22)31-24(28)20-10-7-13-26(20)25(29)30-14-18-8-5-4-6-9-18/h4-6,8-9,11-12,20H,7,10,13-14H2,1-3H3/t20-/m0/s1. The van der Waals surface area contributed by atoms with Gasteiger partial charge in [-0.2, -0.15) is 0 Å². The number of hydrogen-bond donors (Lipinski definition) is 0. The molecular formula is C25H25NO6. The Balaban J connectivity index is 1.49. The molecule has 1 aromatic heterocycles. The fraction of sp³-hybridized carbons (Fsp3) is 0.320. The molecule has 1 aliphatic heterocycles. The van der Waals surface area contributed by atoms with Gasteiger partial charge in [-0.15, -0.1) is 0 Å². The number of rotatable bonds is 4. The van der Waals surface area contributed by atoms with Crippen LogP contribution in [-0.2, 0) is 16.1 Å². The molecule has 7 nitrogen and oxygen atoms in total. The SMILES string of the molecule is Cc1c(C)c2ccc(OC(=O)[C@@H]3CCCN3C(=O)OCc3ccccc3)c(C)c2oc1=O. The highest BCUT2D eigenvalue weighted by molar-refractivity contribution is 5.88. The number of aryl methyl sites for hydroxylation is 2. The van der Waals surface area contributed by atoms with Crippen LogP contribution >= 0.6 is 0 Å². The lowest BCUT2D eigenvalue weighted by atomic mass is 10.0. The minimum atomic E-state index is -0.722. The highest BCUT2D eigenvalue weighted by atomic mass is 16.6. The molecule has 1 saturated heterocycles. The van der Waals surface area contributed by atoms with Gasteiger partial charge in [0.1, 0.15) is 24.0 Å². The molecule has 1 aliphatic rings. The monoisotopic (exact) mass is 435 g/mol. The molecule has 7 heteroatoms. The lowest BCUT2D eigenvalue weighted by Gasteiger charge is -2.23. The van der Waals surface area contributed by atoms with E-state index < -0.39 is 23.7 Å². The number of nitrogens with zero attached hydrogens (tertiary/aromatic N) is 1. The average Bonchev–Trinajstić information content (AvgIpc) is 3.29. The summed E-state index contributed by atoms with van der Waals surface area (Å²) in [6.45, 7) is 5.88. The molecule has 0 N–H and O–H groups in total. The molecule has 0 spiro atoms. The molecular weight excluding hydrogens is 410 g/mol. The molecule has 3 aromatic rings. The summed E-state index contributed by atoms with van der Waals surface area (Å²) in [6, 6.07) is 12.1. The van der Waals surface area contributed by atoms with Crippen LogP contribution in [0.4, 0.5) is 4.79 Å². The number of fused-ring (bicyclic) bond motifs is 1. The number of amides is 1. The summed E-state index contributed by atoms with van der Waals surface area (Å²) in [4.78, 5) is 39.0. The van der Waals surface area contributed by atoms with Crippen molar-refractivity contribution in [3.8, 4) is 5.75 Å². The third kappa shape index (κ3) is 4.10. The number of benzene rings is 2. The van der Waals surface area contributed by atoms with Crippen LogP contribution in [0.25, 0.3) is 11.0 Å². The Kier molecular flexibility index (Phi) is 5.99. The Bertz CT molecular complexity index is 1230. The van der Waals surface area contributed by atoms with Gasteiger partial charge in [-0.05, 0) is 56.9 Å². The van der Waals surface area contributed by atoms with Crippen LogP contribution in [0.15, 0.2) is 51.7 Å². The molecule has 32 heavy (non-hydrogen) atoms. The molecule has 1 fully saturated rings. The van der Waals surface area contributed by atoms with Crippen LogP contribution in [-0.4, -0.2) is 29.5 Å². The highest BCUT2D eigenvalue weighted by Crippen LogP contribution is 2.30. The van der Waals surface area contributed by atoms with E-state index in [0.717, 1.165) is 16.5 Å². The van der Waals surface area contributed by atoms with Gasteiger partial charge in [0.15, 0.2) is 0 Å². The molecule has 0 aliphatic carbocycles. The van der Waals surface area contributed by atoms with Crippen LogP contribution in [0.3, 0.4) is 0 Å². The molecule has 1 amide bonds. The summed E-state index contributed by atoms with van der Waals surface area (Å²) in [6.07, 6.45) is 0.643. The number of ether oxygens (including phenoxy) is 2. The van der Waals surface area contributed by atoms with Crippen LogP contribution < -0.4 is 10.4 Å². The van der Waals surface area contributed by atoms with Crippen LogP contribution in [0.1, 0.15) is 35.1 Å². The third-order valence-electron chi connectivity index (χ3n) is 6.00. The maximum Gasteiger partial charge on any atom is 0.410 e. The Hall–Kier alpha value is -3.61. The fourth-order valence-corrected chi connectivity index (χ4v) is 3.94. The molecule has 0 radical (unpaired) electrons. The number of likely N-dealkylation sites (tertiary alicyclic amines) is 1. The van der Waals surface area contributed by atoms with Gasteiger partial charge in [0, 0.05) is 23.1 Å². The van der Waals surface area contributed by atoms with E-state index >= 15 is 0 Å². The van der Waals surface area contributed by atoms with Gasteiger partial charge in [0.25, 0.3) is 0 Å². The second kappa shape index (κ2) is 8.86. The lowest BCUT2D eigenvalue weighted by molar-refractivity contribution is -0.139. The lowest BCUT2D eigenvalue weighted by Crippen LogP contribution is -2.42. The van der Waals surface area contributed by atoms with E-state index in [2.05, 4.69) is 0 Å². The number of hydrogen-bond acceptors (Lipinski definition) is 6. The summed E-state index contributed by atoms with van der Waals surface area (Å²) in [5.74, 6) is -0.230. The molecule has 2 heterocycles. The third-order valence-corrected chi connectivity index (χ3v) is 6.00. The molecule has 2 aromatic carbocycles. The second-order valence-electron chi connectivity index (χ2n) is 8.02. The van der Waals surface area contributed by atoms with Crippen molar-refractivity contribution in [1.82, 2.24) is 4.90 Å². The van der Waals surface area contributed by atoms with Crippen molar-refractivity contribution in [3.63, 3.8) is 0 Å². The van der Waals surface area contributed by atoms with Crippen molar-refractivity contribution in [3.05, 3.63) is 75.1 Å². The van der Waals surface area contributed by atoms with Gasteiger partial charge in [-0.1, -0.05) is 30.3 Å². The Morgan fingerprint density at radius 1 is 1.03 bits per heavy atom. The Morgan fingerprint density at radius 3 is 2.53 bits per heavy atom. The van der Waals surface area contributed by atoms with Crippen molar-refractivity contribution in [2.45, 2.75) is 46.3 Å². The first-order chi connectivity index (χ1) is 15.4. The summed E-state index contributed by atoms with van der Waals surface area (Å²) in [5, 5.41) is 0.798. The second-order valence-corrected chi connectivity index (χ2v) is 8.02.